The number of anilines is 1. The Labute approximate surface area is 155 Å². The highest BCUT2D eigenvalue weighted by atomic mass is 16.5. The molecule has 2 aromatic carbocycles. The highest BCUT2D eigenvalue weighted by Gasteiger charge is 2.14. The van der Waals surface area contributed by atoms with Crippen LogP contribution in [-0.2, 0) is 23.0 Å². The van der Waals surface area contributed by atoms with Crippen LogP contribution in [0.2, 0.25) is 0 Å². The zero-order chi connectivity index (χ0) is 19.6. The number of benzene rings is 2. The van der Waals surface area contributed by atoms with Crippen LogP contribution in [0.5, 0.6) is 0 Å². The molecule has 0 bridgehead atoms. The van der Waals surface area contributed by atoms with Gasteiger partial charge in [0.15, 0.2) is 0 Å². The van der Waals surface area contributed by atoms with Gasteiger partial charge in [0.2, 0.25) is 5.91 Å². The van der Waals surface area contributed by atoms with Crippen LogP contribution in [0.15, 0.2) is 47.3 Å². The van der Waals surface area contributed by atoms with E-state index in [9.17, 15) is 14.4 Å². The quantitative estimate of drug-likeness (QED) is 0.716. The average molecular weight is 365 g/mol. The first-order chi connectivity index (χ1) is 12.9. The zero-order valence-electron chi connectivity index (χ0n) is 15.3. The van der Waals surface area contributed by atoms with E-state index in [2.05, 4.69) is 10.4 Å². The van der Waals surface area contributed by atoms with Gasteiger partial charge in [-0.25, -0.2) is 9.48 Å². The lowest BCUT2D eigenvalue weighted by Gasteiger charge is -2.11. The molecule has 7 heteroatoms. The van der Waals surface area contributed by atoms with Gasteiger partial charge >= 0.3 is 5.97 Å². The lowest BCUT2D eigenvalue weighted by atomic mass is 10.1. The molecule has 0 aliphatic rings. The molecule has 0 atom stereocenters. The van der Waals surface area contributed by atoms with E-state index >= 15 is 0 Å². The summed E-state index contributed by atoms with van der Waals surface area (Å²) in [5.41, 5.74) is 1.98. The summed E-state index contributed by atoms with van der Waals surface area (Å²) in [5.74, 6) is -0.771. The smallest absolute Gasteiger partial charge is 0.337 e. The van der Waals surface area contributed by atoms with Crippen molar-refractivity contribution < 1.29 is 14.3 Å². The third-order valence-electron chi connectivity index (χ3n) is 4.29. The van der Waals surface area contributed by atoms with Crippen LogP contribution < -0.4 is 10.9 Å². The van der Waals surface area contributed by atoms with Gasteiger partial charge in [0.05, 0.1) is 30.2 Å². The maximum Gasteiger partial charge on any atom is 0.337 e. The first kappa shape index (κ1) is 18.3. The largest absolute Gasteiger partial charge is 0.465 e. The van der Waals surface area contributed by atoms with Gasteiger partial charge in [0, 0.05) is 18.1 Å². The molecule has 1 heterocycles. The van der Waals surface area contributed by atoms with Crippen molar-refractivity contribution in [2.45, 2.75) is 13.3 Å². The van der Waals surface area contributed by atoms with Crippen LogP contribution in [0.25, 0.3) is 10.8 Å². The minimum Gasteiger partial charge on any atom is -0.465 e. The Balaban J connectivity index is 1.89. The number of aromatic nitrogens is 2. The highest BCUT2D eigenvalue weighted by Crippen LogP contribution is 2.19. The van der Waals surface area contributed by atoms with Gasteiger partial charge in [-0.1, -0.05) is 24.3 Å². The predicted molar refractivity (Wildman–Crippen MR) is 102 cm³/mol. The standard InChI is InChI=1S/C20H19N3O4/c1-12-8-9-13(20(26)27-3)10-16(12)21-18(24)11-17-14-6-4-5-7-15(14)19(25)23(2)22-17/h4-10H,11H2,1-3H3,(H,21,24). The van der Waals surface area contributed by atoms with Gasteiger partial charge < -0.3 is 10.1 Å². The Morgan fingerprint density at radius 3 is 2.56 bits per heavy atom. The summed E-state index contributed by atoms with van der Waals surface area (Å²) in [5, 5.41) is 8.20. The molecule has 3 aromatic rings. The Kier molecular flexibility index (Phi) is 5.03. The molecule has 1 N–H and O–H groups in total. The van der Waals surface area contributed by atoms with Crippen LogP contribution in [0.1, 0.15) is 21.6 Å². The first-order valence-electron chi connectivity index (χ1n) is 8.34. The van der Waals surface area contributed by atoms with Crippen molar-refractivity contribution in [2.24, 2.45) is 7.05 Å². The molecule has 0 fully saturated rings. The molecule has 1 aromatic heterocycles. The maximum atomic E-state index is 12.6. The number of esters is 1. The number of nitrogens with one attached hydrogen (secondary N) is 1. The number of rotatable bonds is 4. The third kappa shape index (κ3) is 3.72. The second-order valence-electron chi connectivity index (χ2n) is 6.17. The number of nitrogens with zero attached hydrogens (tertiary/aromatic N) is 2. The minimum atomic E-state index is -0.476. The van der Waals surface area contributed by atoms with E-state index in [0.29, 0.717) is 27.7 Å². The van der Waals surface area contributed by atoms with Crippen molar-refractivity contribution in [3.63, 3.8) is 0 Å². The van der Waals surface area contributed by atoms with E-state index < -0.39 is 5.97 Å². The minimum absolute atomic E-state index is 0.00345. The topological polar surface area (TPSA) is 90.3 Å². The number of aryl methyl sites for hydroxylation is 2. The normalized spacial score (nSPS) is 10.6. The molecule has 3 rings (SSSR count). The fourth-order valence-electron chi connectivity index (χ4n) is 2.85. The maximum absolute atomic E-state index is 12.6. The van der Waals surface area contributed by atoms with Crippen LogP contribution in [-0.4, -0.2) is 28.8 Å². The van der Waals surface area contributed by atoms with Crippen molar-refractivity contribution in [3.05, 3.63) is 69.6 Å². The molecular weight excluding hydrogens is 346 g/mol. The molecule has 0 aliphatic carbocycles. The number of carbonyl (C=O) groups excluding carboxylic acids is 2. The molecule has 138 valence electrons. The van der Waals surface area contributed by atoms with Crippen molar-refractivity contribution in [1.82, 2.24) is 9.78 Å². The number of ether oxygens (including phenoxy) is 1. The van der Waals surface area contributed by atoms with Crippen molar-refractivity contribution in [2.75, 3.05) is 12.4 Å². The molecule has 0 unspecified atom stereocenters. The zero-order valence-corrected chi connectivity index (χ0v) is 15.3. The molecule has 7 nitrogen and oxygen atoms in total. The predicted octanol–water partition coefficient (Wildman–Crippen LogP) is 2.21. The van der Waals surface area contributed by atoms with E-state index in [1.54, 1.807) is 49.5 Å². The first-order valence-corrected chi connectivity index (χ1v) is 8.34. The van der Waals surface area contributed by atoms with Crippen LogP contribution in [0.4, 0.5) is 5.69 Å². The lowest BCUT2D eigenvalue weighted by molar-refractivity contribution is -0.115. The van der Waals surface area contributed by atoms with Crippen molar-refractivity contribution >= 4 is 28.3 Å². The number of methoxy groups -OCH3 is 1. The van der Waals surface area contributed by atoms with E-state index in [1.165, 1.54) is 11.8 Å². The van der Waals surface area contributed by atoms with E-state index in [4.69, 9.17) is 4.74 Å². The van der Waals surface area contributed by atoms with E-state index in [-0.39, 0.29) is 17.9 Å². The van der Waals surface area contributed by atoms with Gasteiger partial charge in [-0.05, 0) is 30.7 Å². The molecule has 1 amide bonds. The highest BCUT2D eigenvalue weighted by molar-refractivity contribution is 5.97. The lowest BCUT2D eigenvalue weighted by Crippen LogP contribution is -2.24. The van der Waals surface area contributed by atoms with E-state index in [0.717, 1.165) is 5.56 Å². The summed E-state index contributed by atoms with van der Waals surface area (Å²) in [6.07, 6.45) is -0.00345. The summed E-state index contributed by atoms with van der Waals surface area (Å²) >= 11 is 0. The van der Waals surface area contributed by atoms with Gasteiger partial charge in [0.25, 0.3) is 5.56 Å². The molecule has 0 spiro atoms. The van der Waals surface area contributed by atoms with Gasteiger partial charge in [-0.15, -0.1) is 0 Å². The molecule has 0 aliphatic heterocycles. The number of hydrogen-bond acceptors (Lipinski definition) is 5. The Bertz CT molecular complexity index is 1100. The van der Waals surface area contributed by atoms with Gasteiger partial charge in [-0.2, -0.15) is 5.10 Å². The Morgan fingerprint density at radius 1 is 1.15 bits per heavy atom. The molecule has 0 saturated carbocycles. The van der Waals surface area contributed by atoms with Crippen molar-refractivity contribution in [3.8, 4) is 0 Å². The number of hydrogen-bond donors (Lipinski definition) is 1. The summed E-state index contributed by atoms with van der Waals surface area (Å²) in [6.45, 7) is 1.83. The fraction of sp³-hybridized carbons (Fsp3) is 0.200. The van der Waals surface area contributed by atoms with Gasteiger partial charge in [0.1, 0.15) is 0 Å². The average Bonchev–Trinajstić information content (AvgIpc) is 2.67. The van der Waals surface area contributed by atoms with Crippen LogP contribution >= 0.6 is 0 Å². The van der Waals surface area contributed by atoms with Crippen molar-refractivity contribution in [1.29, 1.82) is 0 Å². The van der Waals surface area contributed by atoms with Gasteiger partial charge in [-0.3, -0.25) is 9.59 Å². The number of amides is 1. The number of fused-ring (bicyclic) bond motifs is 1. The summed E-state index contributed by atoms with van der Waals surface area (Å²) in [4.78, 5) is 36.5. The second kappa shape index (κ2) is 7.41. The molecule has 27 heavy (non-hydrogen) atoms. The molecule has 0 radical (unpaired) electrons. The van der Waals surface area contributed by atoms with Crippen LogP contribution in [0, 0.1) is 6.92 Å². The monoisotopic (exact) mass is 365 g/mol. The summed E-state index contributed by atoms with van der Waals surface area (Å²) < 4.78 is 5.94. The Morgan fingerprint density at radius 2 is 1.85 bits per heavy atom. The number of carbonyl (C=O) groups is 2. The third-order valence-corrected chi connectivity index (χ3v) is 4.29. The van der Waals surface area contributed by atoms with E-state index in [1.807, 2.05) is 6.92 Å². The fourth-order valence-corrected chi connectivity index (χ4v) is 2.85. The summed E-state index contributed by atoms with van der Waals surface area (Å²) in [6, 6.07) is 12.0. The summed E-state index contributed by atoms with van der Waals surface area (Å²) in [7, 11) is 2.86. The molecular formula is C20H19N3O4. The SMILES string of the molecule is COC(=O)c1ccc(C)c(NC(=O)Cc2nn(C)c(=O)c3ccccc23)c1. The second-order valence-corrected chi connectivity index (χ2v) is 6.17. The van der Waals surface area contributed by atoms with Crippen LogP contribution in [0.3, 0.4) is 0 Å². The Hall–Kier alpha value is -3.48. The molecule has 0 saturated heterocycles.